The molecule has 0 aromatic heterocycles. The second-order valence-corrected chi connectivity index (χ2v) is 4.21. The first-order valence-corrected chi connectivity index (χ1v) is 5.52. The van der Waals surface area contributed by atoms with Crippen molar-refractivity contribution in [2.24, 2.45) is 16.5 Å². The zero-order valence-corrected chi connectivity index (χ0v) is 10.0. The number of hydrogen-bond acceptors (Lipinski definition) is 8. The summed E-state index contributed by atoms with van der Waals surface area (Å²) in [7, 11) is -1.25. The number of nitrogens with two attached hydrogens (primary N) is 2. The smallest absolute Gasteiger partial charge is 0.412 e. The topological polar surface area (TPSA) is 166 Å². The Bertz CT molecular complexity index is 430. The van der Waals surface area contributed by atoms with Crippen molar-refractivity contribution >= 4 is 16.4 Å². The molecule has 0 radical (unpaired) electrons. The van der Waals surface area contributed by atoms with Crippen molar-refractivity contribution < 1.29 is 22.7 Å². The van der Waals surface area contributed by atoms with Crippen molar-refractivity contribution in [3.05, 3.63) is 11.9 Å². The molecule has 10 nitrogen and oxygen atoms in total. The van der Waals surface area contributed by atoms with Crippen LogP contribution in [0.1, 0.15) is 0 Å². The van der Waals surface area contributed by atoms with Gasteiger partial charge in [0.2, 0.25) is 5.96 Å². The third kappa shape index (κ3) is 4.16. The Hall–Kier alpha value is -1.40. The van der Waals surface area contributed by atoms with Gasteiger partial charge in [-0.15, -0.1) is 4.28 Å². The molecular weight excluding hydrogens is 254 g/mol. The molecule has 100 valence electrons. The Balaban J connectivity index is 0.00000256. The predicted molar refractivity (Wildman–Crippen MR) is 59.5 cm³/mol. The molecule has 1 aliphatic rings. The zero-order chi connectivity index (χ0) is 12.5. The number of rotatable bonds is 3. The van der Waals surface area contributed by atoms with E-state index in [1.807, 2.05) is 0 Å². The third-order valence-electron chi connectivity index (χ3n) is 1.68. The molecule has 0 bridgehead atoms. The van der Waals surface area contributed by atoms with E-state index in [1.54, 1.807) is 19.0 Å². The van der Waals surface area contributed by atoms with Gasteiger partial charge in [0.05, 0.1) is 0 Å². The van der Waals surface area contributed by atoms with Crippen molar-refractivity contribution in [1.82, 2.24) is 9.96 Å². The average molecular weight is 269 g/mol. The van der Waals surface area contributed by atoms with E-state index in [4.69, 9.17) is 16.0 Å². The normalized spacial score (nSPS) is 20.2. The maximum Gasteiger partial charge on any atom is 0.418 e. The molecule has 1 unspecified atom stereocenters. The van der Waals surface area contributed by atoms with Crippen molar-refractivity contribution in [2.75, 3.05) is 14.1 Å². The second kappa shape index (κ2) is 5.29. The predicted octanol–water partition coefficient (Wildman–Crippen LogP) is -2.79. The molecule has 0 aromatic rings. The lowest BCUT2D eigenvalue weighted by Crippen LogP contribution is -2.51. The van der Waals surface area contributed by atoms with Crippen molar-refractivity contribution in [3.8, 4) is 0 Å². The summed E-state index contributed by atoms with van der Waals surface area (Å²) in [5, 5.41) is 0.586. The maximum absolute atomic E-state index is 10.5. The fourth-order valence-corrected chi connectivity index (χ4v) is 1.39. The third-order valence-corrected chi connectivity index (χ3v) is 2.03. The highest BCUT2D eigenvalue weighted by atomic mass is 32.3. The minimum Gasteiger partial charge on any atom is -0.412 e. The molecule has 0 spiro atoms. The summed E-state index contributed by atoms with van der Waals surface area (Å²) in [4.78, 5) is 5.46. The van der Waals surface area contributed by atoms with E-state index in [0.717, 1.165) is 0 Å². The summed E-state index contributed by atoms with van der Waals surface area (Å²) < 4.78 is 33.6. The number of nitrogens with zero attached hydrogens (tertiary/aromatic N) is 3. The van der Waals surface area contributed by atoms with Gasteiger partial charge in [-0.1, -0.05) is 0 Å². The molecule has 0 amide bonds. The van der Waals surface area contributed by atoms with Crippen LogP contribution in [0.2, 0.25) is 0 Å². The van der Waals surface area contributed by atoms with E-state index in [1.165, 1.54) is 6.08 Å². The molecule has 1 heterocycles. The summed E-state index contributed by atoms with van der Waals surface area (Å²) in [6.07, 6.45) is 0.457. The average Bonchev–Trinajstić information content (AvgIpc) is 2.09. The lowest BCUT2D eigenvalue weighted by atomic mass is 10.4. The first-order chi connectivity index (χ1) is 7.20. The first-order valence-electron chi connectivity index (χ1n) is 4.16. The Morgan fingerprint density at radius 2 is 2.12 bits per heavy atom. The molecule has 17 heavy (non-hydrogen) atoms. The van der Waals surface area contributed by atoms with Crippen molar-refractivity contribution in [1.29, 1.82) is 0 Å². The Labute approximate surface area is 98.3 Å². The molecule has 11 heteroatoms. The summed E-state index contributed by atoms with van der Waals surface area (Å²) in [5.74, 6) is 0.191. The lowest BCUT2D eigenvalue weighted by molar-refractivity contribution is -0.0129. The van der Waals surface area contributed by atoms with Gasteiger partial charge in [0.15, 0.2) is 0 Å². The molecule has 0 saturated carbocycles. The van der Waals surface area contributed by atoms with Crippen LogP contribution in [0.25, 0.3) is 0 Å². The van der Waals surface area contributed by atoms with Crippen LogP contribution in [0.5, 0.6) is 0 Å². The van der Waals surface area contributed by atoms with E-state index in [9.17, 15) is 8.42 Å². The zero-order valence-electron chi connectivity index (χ0n) is 9.23. The van der Waals surface area contributed by atoms with Gasteiger partial charge in [0.25, 0.3) is 0 Å². The van der Waals surface area contributed by atoms with Gasteiger partial charge in [-0.2, -0.15) is 18.5 Å². The summed E-state index contributed by atoms with van der Waals surface area (Å²) in [6, 6.07) is 0. The van der Waals surface area contributed by atoms with E-state index >= 15 is 0 Å². The van der Waals surface area contributed by atoms with Crippen LogP contribution in [0.15, 0.2) is 16.9 Å². The highest BCUT2D eigenvalue weighted by molar-refractivity contribution is 7.80. The van der Waals surface area contributed by atoms with E-state index < -0.39 is 16.6 Å². The number of aliphatic imine (C=N–C) groups is 1. The van der Waals surface area contributed by atoms with Gasteiger partial charge in [-0.3, -0.25) is 4.55 Å². The number of guanidine groups is 1. The quantitative estimate of drug-likeness (QED) is 0.462. The monoisotopic (exact) mass is 269 g/mol. The summed E-state index contributed by atoms with van der Waals surface area (Å²) in [5.41, 5.74) is 11.0. The fourth-order valence-electron chi connectivity index (χ4n) is 1.02. The van der Waals surface area contributed by atoms with Crippen LogP contribution in [0, 0.1) is 0 Å². The Kier molecular flexibility index (Phi) is 4.85. The fraction of sp³-hybridized carbons (Fsp3) is 0.500. The van der Waals surface area contributed by atoms with Crippen LogP contribution in [0.3, 0.4) is 0 Å². The van der Waals surface area contributed by atoms with Gasteiger partial charge < -0.3 is 21.8 Å². The standard InChI is InChI=1S/C6H13N5O4S.H2O/c1-10(2)5-3-4(7)11(6(8)9-5)15-16(12,13)14;/h3-4H,7H2,1-2H3,(H2,8,9)(H,12,13,14);1H2. The lowest BCUT2D eigenvalue weighted by Gasteiger charge is -2.29. The van der Waals surface area contributed by atoms with Gasteiger partial charge in [-0.25, -0.2) is 0 Å². The van der Waals surface area contributed by atoms with E-state index in [2.05, 4.69) is 9.28 Å². The first kappa shape index (κ1) is 15.6. The molecule has 7 N–H and O–H groups in total. The molecular formula is C6H15N5O5S. The Morgan fingerprint density at radius 3 is 2.47 bits per heavy atom. The molecule has 0 aliphatic carbocycles. The van der Waals surface area contributed by atoms with Crippen LogP contribution >= 0.6 is 0 Å². The van der Waals surface area contributed by atoms with Crippen molar-refractivity contribution in [3.63, 3.8) is 0 Å². The minimum atomic E-state index is -4.69. The van der Waals surface area contributed by atoms with Gasteiger partial charge >= 0.3 is 10.4 Å². The molecule has 1 aliphatic heterocycles. The summed E-state index contributed by atoms with van der Waals surface area (Å²) in [6.45, 7) is 0. The van der Waals surface area contributed by atoms with Gasteiger partial charge in [-0.05, 0) is 6.08 Å². The van der Waals surface area contributed by atoms with Crippen molar-refractivity contribution in [2.45, 2.75) is 6.17 Å². The van der Waals surface area contributed by atoms with E-state index in [0.29, 0.717) is 10.9 Å². The number of hydrogen-bond donors (Lipinski definition) is 3. The minimum absolute atomic E-state index is 0. The van der Waals surface area contributed by atoms with Gasteiger partial charge in [0.1, 0.15) is 12.0 Å². The van der Waals surface area contributed by atoms with Crippen LogP contribution in [0.4, 0.5) is 0 Å². The van der Waals surface area contributed by atoms with Crippen LogP contribution < -0.4 is 11.5 Å². The molecule has 0 fully saturated rings. The highest BCUT2D eigenvalue weighted by Gasteiger charge is 2.26. The SMILES string of the molecule is CN(C)C1=CC(N)N(OS(=O)(=O)O)C(N)=N1.O. The van der Waals surface area contributed by atoms with Crippen LogP contribution in [-0.2, 0) is 14.7 Å². The molecule has 1 rings (SSSR count). The largest absolute Gasteiger partial charge is 0.418 e. The molecule has 1 atom stereocenters. The van der Waals surface area contributed by atoms with Gasteiger partial charge in [0, 0.05) is 14.1 Å². The van der Waals surface area contributed by atoms with E-state index in [-0.39, 0.29) is 11.4 Å². The molecule has 0 aromatic carbocycles. The summed E-state index contributed by atoms with van der Waals surface area (Å²) >= 11 is 0. The second-order valence-electron chi connectivity index (χ2n) is 3.21. The highest BCUT2D eigenvalue weighted by Crippen LogP contribution is 2.12. The number of hydroxylamine groups is 2. The molecule has 0 saturated heterocycles. The Morgan fingerprint density at radius 1 is 1.59 bits per heavy atom. The van der Waals surface area contributed by atoms with Crippen LogP contribution in [-0.4, -0.2) is 54.6 Å². The maximum atomic E-state index is 10.5.